The number of rotatable bonds is 16. The van der Waals surface area contributed by atoms with Gasteiger partial charge < -0.3 is 28.8 Å². The molecule has 0 spiro atoms. The van der Waals surface area contributed by atoms with Crippen molar-refractivity contribution in [3.05, 3.63) is 71.8 Å². The van der Waals surface area contributed by atoms with Crippen LogP contribution in [-0.2, 0) is 59.2 Å². The average molecular weight is 555 g/mol. The second-order valence-electron chi connectivity index (χ2n) is 10.4. The van der Waals surface area contributed by atoms with Crippen molar-refractivity contribution in [1.82, 2.24) is 19.1 Å². The largest absolute Gasteiger partial charge is 0.461 e. The molecule has 1 aromatic carbocycles. The van der Waals surface area contributed by atoms with Gasteiger partial charge >= 0.3 is 11.9 Å². The Morgan fingerprint density at radius 3 is 1.55 bits per heavy atom. The fourth-order valence-corrected chi connectivity index (χ4v) is 5.09. The third-order valence-electron chi connectivity index (χ3n) is 7.62. The van der Waals surface area contributed by atoms with Crippen molar-refractivity contribution in [2.45, 2.75) is 52.7 Å². The molecule has 10 nitrogen and oxygen atoms in total. The minimum absolute atomic E-state index is 0.0792. The molecule has 2 aromatic heterocycles. The predicted octanol–water partition coefficient (Wildman–Crippen LogP) is 2.99. The van der Waals surface area contributed by atoms with E-state index < -0.39 is 11.8 Å². The number of carbonyl (C=O) groups is 2. The maximum atomic E-state index is 12.9. The SMILES string of the molecule is CCC(C(=O)OCc1cccc(COC(=O)C(CC)C(CO)Cc2cncn2C)c1)C(CO)Cc1cncn1C. The molecule has 0 saturated carbocycles. The van der Waals surface area contributed by atoms with E-state index in [1.807, 2.05) is 61.3 Å². The molecular formula is C30H42N4O6. The summed E-state index contributed by atoms with van der Waals surface area (Å²) in [4.78, 5) is 34.1. The molecule has 0 fully saturated rings. The van der Waals surface area contributed by atoms with Crippen LogP contribution in [0.15, 0.2) is 49.3 Å². The molecule has 0 saturated heterocycles. The van der Waals surface area contributed by atoms with Gasteiger partial charge in [0.25, 0.3) is 0 Å². The minimum atomic E-state index is -0.444. The summed E-state index contributed by atoms with van der Waals surface area (Å²) in [7, 11) is 3.77. The van der Waals surface area contributed by atoms with Crippen molar-refractivity contribution in [1.29, 1.82) is 0 Å². The van der Waals surface area contributed by atoms with Crippen LogP contribution in [0.1, 0.15) is 49.2 Å². The van der Waals surface area contributed by atoms with Crippen LogP contribution >= 0.6 is 0 Å². The smallest absolute Gasteiger partial charge is 0.309 e. The molecule has 2 heterocycles. The van der Waals surface area contributed by atoms with Gasteiger partial charge in [0.05, 0.1) is 24.5 Å². The molecule has 3 aromatic rings. The van der Waals surface area contributed by atoms with Crippen LogP contribution in [0.3, 0.4) is 0 Å². The first-order chi connectivity index (χ1) is 19.3. The van der Waals surface area contributed by atoms with E-state index in [4.69, 9.17) is 9.47 Å². The number of benzene rings is 1. The van der Waals surface area contributed by atoms with E-state index in [9.17, 15) is 19.8 Å². The van der Waals surface area contributed by atoms with Crippen molar-refractivity contribution in [3.63, 3.8) is 0 Å². The maximum absolute atomic E-state index is 12.9. The summed E-state index contributed by atoms with van der Waals surface area (Å²) in [5.74, 6) is -2.14. The number of aryl methyl sites for hydroxylation is 2. The fraction of sp³-hybridized carbons (Fsp3) is 0.533. The Labute approximate surface area is 236 Å². The van der Waals surface area contributed by atoms with Crippen LogP contribution in [0.4, 0.5) is 0 Å². The first kappa shape index (κ1) is 31.0. The molecular weight excluding hydrogens is 512 g/mol. The lowest BCUT2D eigenvalue weighted by atomic mass is 9.87. The molecule has 0 bridgehead atoms. The molecule has 4 atom stereocenters. The lowest BCUT2D eigenvalue weighted by molar-refractivity contribution is -0.153. The first-order valence-corrected chi connectivity index (χ1v) is 13.8. The van der Waals surface area contributed by atoms with Crippen LogP contribution in [0.25, 0.3) is 0 Å². The zero-order chi connectivity index (χ0) is 29.1. The first-order valence-electron chi connectivity index (χ1n) is 13.8. The van der Waals surface area contributed by atoms with Gasteiger partial charge in [0.15, 0.2) is 0 Å². The summed E-state index contributed by atoms with van der Waals surface area (Å²) in [6, 6.07) is 7.38. The summed E-state index contributed by atoms with van der Waals surface area (Å²) in [5.41, 5.74) is 3.45. The monoisotopic (exact) mass is 554 g/mol. The lowest BCUT2D eigenvalue weighted by Crippen LogP contribution is -2.30. The van der Waals surface area contributed by atoms with Crippen LogP contribution in [0.5, 0.6) is 0 Å². The van der Waals surface area contributed by atoms with Gasteiger partial charge in [-0.2, -0.15) is 0 Å². The highest BCUT2D eigenvalue weighted by atomic mass is 16.5. The van der Waals surface area contributed by atoms with Crippen LogP contribution in [-0.4, -0.2) is 54.5 Å². The molecule has 10 heteroatoms. The highest BCUT2D eigenvalue weighted by Gasteiger charge is 2.30. The van der Waals surface area contributed by atoms with Crippen molar-refractivity contribution >= 4 is 11.9 Å². The average Bonchev–Trinajstić information content (AvgIpc) is 3.57. The second kappa shape index (κ2) is 15.3. The molecule has 0 aliphatic heterocycles. The fourth-order valence-electron chi connectivity index (χ4n) is 5.09. The van der Waals surface area contributed by atoms with Gasteiger partial charge in [0.2, 0.25) is 0 Å². The Hall–Kier alpha value is -3.50. The number of ether oxygens (including phenoxy) is 2. The van der Waals surface area contributed by atoms with Gasteiger partial charge in [0, 0.05) is 62.9 Å². The highest BCUT2D eigenvalue weighted by Crippen LogP contribution is 2.24. The number of aromatic nitrogens is 4. The number of nitrogens with zero attached hydrogens (tertiary/aromatic N) is 4. The molecule has 0 aliphatic carbocycles. The normalized spacial score (nSPS) is 14.3. The third-order valence-corrected chi connectivity index (χ3v) is 7.62. The molecule has 4 unspecified atom stereocenters. The van der Waals surface area contributed by atoms with Crippen molar-refractivity contribution in [3.8, 4) is 0 Å². The van der Waals surface area contributed by atoms with Crippen LogP contribution in [0.2, 0.25) is 0 Å². The maximum Gasteiger partial charge on any atom is 0.309 e. The summed E-state index contributed by atoms with van der Waals surface area (Å²) in [6.07, 6.45) is 9.03. The number of esters is 2. The Morgan fingerprint density at radius 1 is 0.800 bits per heavy atom. The predicted molar refractivity (Wildman–Crippen MR) is 149 cm³/mol. The number of carbonyl (C=O) groups excluding carboxylic acids is 2. The number of hydrogen-bond donors (Lipinski definition) is 2. The molecule has 3 rings (SSSR count). The van der Waals surface area contributed by atoms with E-state index in [0.717, 1.165) is 22.5 Å². The Balaban J connectivity index is 1.55. The number of aliphatic hydroxyl groups excluding tert-OH is 2. The van der Waals surface area contributed by atoms with E-state index >= 15 is 0 Å². The van der Waals surface area contributed by atoms with Crippen molar-refractivity contribution in [2.75, 3.05) is 13.2 Å². The lowest BCUT2D eigenvalue weighted by Gasteiger charge is -2.23. The van der Waals surface area contributed by atoms with Gasteiger partial charge in [-0.15, -0.1) is 0 Å². The van der Waals surface area contributed by atoms with Gasteiger partial charge in [-0.05, 0) is 42.9 Å². The molecule has 40 heavy (non-hydrogen) atoms. The zero-order valence-electron chi connectivity index (χ0n) is 23.9. The van der Waals surface area contributed by atoms with E-state index in [1.54, 1.807) is 25.0 Å². The van der Waals surface area contributed by atoms with Gasteiger partial charge in [-0.1, -0.05) is 32.0 Å². The number of imidazole rings is 2. The summed E-state index contributed by atoms with van der Waals surface area (Å²) >= 11 is 0. The zero-order valence-corrected chi connectivity index (χ0v) is 23.9. The van der Waals surface area contributed by atoms with Gasteiger partial charge in [-0.3, -0.25) is 9.59 Å². The van der Waals surface area contributed by atoms with E-state index in [2.05, 4.69) is 9.97 Å². The molecule has 2 N–H and O–H groups in total. The van der Waals surface area contributed by atoms with Gasteiger partial charge in [0.1, 0.15) is 13.2 Å². The van der Waals surface area contributed by atoms with Crippen LogP contribution < -0.4 is 0 Å². The third kappa shape index (κ3) is 8.25. The van der Waals surface area contributed by atoms with Crippen molar-refractivity contribution < 1.29 is 29.3 Å². The topological polar surface area (TPSA) is 129 Å². The van der Waals surface area contributed by atoms with E-state index in [-0.39, 0.29) is 50.2 Å². The number of hydrogen-bond acceptors (Lipinski definition) is 8. The summed E-state index contributed by atoms with van der Waals surface area (Å²) < 4.78 is 15.0. The summed E-state index contributed by atoms with van der Waals surface area (Å²) in [5, 5.41) is 20.0. The van der Waals surface area contributed by atoms with Crippen molar-refractivity contribution in [2.24, 2.45) is 37.8 Å². The molecule has 218 valence electrons. The molecule has 0 radical (unpaired) electrons. The molecule has 0 aliphatic rings. The Bertz CT molecular complexity index is 1130. The number of aliphatic hydroxyl groups is 2. The van der Waals surface area contributed by atoms with E-state index in [0.29, 0.717) is 25.7 Å². The van der Waals surface area contributed by atoms with Crippen LogP contribution in [0, 0.1) is 23.7 Å². The Kier molecular flexibility index (Phi) is 11.9. The molecule has 0 amide bonds. The van der Waals surface area contributed by atoms with E-state index in [1.165, 1.54) is 0 Å². The van der Waals surface area contributed by atoms with Gasteiger partial charge in [-0.25, -0.2) is 9.97 Å². The Morgan fingerprint density at radius 2 is 1.23 bits per heavy atom. The standard InChI is InChI=1S/C30H42N4O6/c1-5-27(23(15-35)11-25-13-31-19-33(25)3)29(37)39-17-21-8-7-9-22(10-21)18-40-30(38)28(6-2)24(16-36)12-26-14-32-20-34(26)4/h7-10,13-14,19-20,23-24,27-28,35-36H,5-6,11-12,15-18H2,1-4H3. The second-order valence-corrected chi connectivity index (χ2v) is 10.4. The highest BCUT2D eigenvalue weighted by molar-refractivity contribution is 5.73. The minimum Gasteiger partial charge on any atom is -0.461 e. The quantitative estimate of drug-likeness (QED) is 0.259. The summed E-state index contributed by atoms with van der Waals surface area (Å²) in [6.45, 7) is 3.73.